The fraction of sp³-hybridized carbons (Fsp3) is 0.643. The molecular formula is C28H31F5O4. The predicted octanol–water partition coefficient (Wildman–Crippen LogP) is 6.24. The van der Waals surface area contributed by atoms with Gasteiger partial charge in [-0.2, -0.15) is 22.0 Å². The van der Waals surface area contributed by atoms with Gasteiger partial charge >= 0.3 is 18.1 Å². The molecule has 5 rings (SSSR count). The van der Waals surface area contributed by atoms with Crippen LogP contribution in [0.4, 0.5) is 22.0 Å². The Labute approximate surface area is 212 Å². The molecule has 0 spiro atoms. The molecule has 202 valence electrons. The summed E-state index contributed by atoms with van der Waals surface area (Å²) in [4.78, 5) is 24.1. The van der Waals surface area contributed by atoms with Crippen LogP contribution >= 0.6 is 0 Å². The predicted molar refractivity (Wildman–Crippen MR) is 124 cm³/mol. The maximum absolute atomic E-state index is 15.0. The smallest absolute Gasteiger partial charge is 0.456 e. The number of esters is 1. The molecule has 0 heterocycles. The van der Waals surface area contributed by atoms with Crippen molar-refractivity contribution in [1.82, 2.24) is 0 Å². The third-order valence-electron chi connectivity index (χ3n) is 10.1. The molecule has 5 unspecified atom stereocenters. The summed E-state index contributed by atoms with van der Waals surface area (Å²) in [6.45, 7) is 1.41. The van der Waals surface area contributed by atoms with Crippen LogP contribution in [-0.4, -0.2) is 41.7 Å². The second kappa shape index (κ2) is 8.61. The fourth-order valence-electron chi connectivity index (χ4n) is 8.39. The highest BCUT2D eigenvalue weighted by Gasteiger charge is 2.79. The number of carbonyl (C=O) groups excluding carboxylic acids is 2. The van der Waals surface area contributed by atoms with Gasteiger partial charge in [0.05, 0.1) is 12.7 Å². The summed E-state index contributed by atoms with van der Waals surface area (Å²) in [6.07, 6.45) is -2.58. The Morgan fingerprint density at radius 3 is 2.32 bits per heavy atom. The molecule has 0 aliphatic heterocycles. The van der Waals surface area contributed by atoms with Crippen molar-refractivity contribution in [2.24, 2.45) is 29.1 Å². The summed E-state index contributed by atoms with van der Waals surface area (Å²) in [5.74, 6) is -6.85. The summed E-state index contributed by atoms with van der Waals surface area (Å²) >= 11 is 0. The quantitative estimate of drug-likeness (QED) is 0.374. The number of rotatable bonds is 3. The summed E-state index contributed by atoms with van der Waals surface area (Å²) in [7, 11) is 1.25. The van der Waals surface area contributed by atoms with Crippen LogP contribution in [0.1, 0.15) is 73.7 Å². The molecule has 0 amide bonds. The number of alkyl halides is 5. The molecular weight excluding hydrogens is 495 g/mol. The second-order valence-corrected chi connectivity index (χ2v) is 11.5. The van der Waals surface area contributed by atoms with E-state index in [1.807, 2.05) is 0 Å². The highest BCUT2D eigenvalue weighted by molar-refractivity contribution is 5.91. The first kappa shape index (κ1) is 26.3. The molecule has 3 fully saturated rings. The Kier molecular flexibility index (Phi) is 6.13. The van der Waals surface area contributed by atoms with Crippen LogP contribution in [0.15, 0.2) is 35.9 Å². The minimum atomic E-state index is -5.87. The number of fused-ring (bicyclic) bond motifs is 5. The van der Waals surface area contributed by atoms with E-state index in [2.05, 4.69) is 0 Å². The Morgan fingerprint density at radius 2 is 1.70 bits per heavy atom. The minimum Gasteiger partial charge on any atom is -0.465 e. The molecule has 37 heavy (non-hydrogen) atoms. The molecule has 1 aromatic carbocycles. The Morgan fingerprint density at radius 1 is 1.03 bits per heavy atom. The number of hydrogen-bond acceptors (Lipinski definition) is 4. The molecule has 0 aromatic heterocycles. The standard InChI is InChI=1S/C28H31F5O4/c1-25-14-21(15-3-5-16(6-4-15)24(35)37-2)23-19-10-8-18(34)13-17(19)7-9-20(23)22(25)11-12-26(25,36)27(29,30)28(31,32)33/h3-6,13,19-23,36H,7-12,14H2,1-2H3/t19?,20?,21?,22?,23?,25-,26-/m0/s1. The number of carbonyl (C=O) groups is 2. The van der Waals surface area contributed by atoms with E-state index in [-0.39, 0.29) is 36.4 Å². The van der Waals surface area contributed by atoms with Gasteiger partial charge in [0.15, 0.2) is 5.78 Å². The van der Waals surface area contributed by atoms with Gasteiger partial charge in [-0.05, 0) is 91.9 Å². The normalized spacial score (nSPS) is 37.8. The maximum atomic E-state index is 15.0. The van der Waals surface area contributed by atoms with Gasteiger partial charge in [0.1, 0.15) is 5.60 Å². The first-order valence-corrected chi connectivity index (χ1v) is 12.8. The number of halogens is 5. The Bertz CT molecular complexity index is 1130. The lowest BCUT2D eigenvalue weighted by Crippen LogP contribution is -2.66. The zero-order chi connectivity index (χ0) is 27.0. The molecule has 1 aromatic rings. The van der Waals surface area contributed by atoms with Gasteiger partial charge in [0.2, 0.25) is 0 Å². The molecule has 0 radical (unpaired) electrons. The molecule has 0 saturated heterocycles. The van der Waals surface area contributed by atoms with E-state index in [9.17, 15) is 27.9 Å². The van der Waals surface area contributed by atoms with Crippen molar-refractivity contribution in [3.63, 3.8) is 0 Å². The molecule has 4 aliphatic rings. The summed E-state index contributed by atoms with van der Waals surface area (Å²) in [5.41, 5.74) is -2.84. The number of hydrogen-bond donors (Lipinski definition) is 1. The van der Waals surface area contributed by atoms with E-state index in [1.165, 1.54) is 14.0 Å². The third kappa shape index (κ3) is 3.70. The van der Waals surface area contributed by atoms with Crippen LogP contribution in [0.25, 0.3) is 0 Å². The van der Waals surface area contributed by atoms with Gasteiger partial charge < -0.3 is 9.84 Å². The van der Waals surface area contributed by atoms with Crippen molar-refractivity contribution in [1.29, 1.82) is 0 Å². The zero-order valence-corrected chi connectivity index (χ0v) is 20.8. The van der Waals surface area contributed by atoms with E-state index in [0.29, 0.717) is 31.2 Å². The number of benzene rings is 1. The average molecular weight is 527 g/mol. The topological polar surface area (TPSA) is 63.6 Å². The minimum absolute atomic E-state index is 0.0307. The third-order valence-corrected chi connectivity index (χ3v) is 10.1. The number of allylic oxidation sites excluding steroid dienone is 1. The Balaban J connectivity index is 1.62. The lowest BCUT2D eigenvalue weighted by atomic mass is 9.46. The van der Waals surface area contributed by atoms with Gasteiger partial charge in [-0.25, -0.2) is 4.79 Å². The van der Waals surface area contributed by atoms with Crippen molar-refractivity contribution < 1.29 is 41.4 Å². The van der Waals surface area contributed by atoms with Crippen LogP contribution in [0.5, 0.6) is 0 Å². The highest BCUT2D eigenvalue weighted by atomic mass is 19.4. The molecule has 1 N–H and O–H groups in total. The van der Waals surface area contributed by atoms with Gasteiger partial charge in [-0.3, -0.25) is 4.79 Å². The number of ketones is 1. The van der Waals surface area contributed by atoms with Crippen LogP contribution in [0.3, 0.4) is 0 Å². The van der Waals surface area contributed by atoms with Crippen molar-refractivity contribution in [2.45, 2.75) is 75.5 Å². The zero-order valence-electron chi connectivity index (χ0n) is 20.8. The Hall–Kier alpha value is -2.29. The monoisotopic (exact) mass is 526 g/mol. The summed E-state index contributed by atoms with van der Waals surface area (Å²) in [5, 5.41) is 11.3. The average Bonchev–Trinajstić information content (AvgIpc) is 3.13. The van der Waals surface area contributed by atoms with Gasteiger partial charge in [-0.15, -0.1) is 0 Å². The molecule has 9 heteroatoms. The summed E-state index contributed by atoms with van der Waals surface area (Å²) in [6, 6.07) is 6.55. The molecule has 4 aliphatic carbocycles. The van der Waals surface area contributed by atoms with Crippen LogP contribution in [-0.2, 0) is 9.53 Å². The van der Waals surface area contributed by atoms with Gasteiger partial charge in [0, 0.05) is 11.8 Å². The van der Waals surface area contributed by atoms with E-state index in [0.717, 1.165) is 11.1 Å². The maximum Gasteiger partial charge on any atom is 0.456 e. The molecule has 0 bridgehead atoms. The first-order chi connectivity index (χ1) is 17.2. The SMILES string of the molecule is COC(=O)c1ccc(C2C[C@@]3(C)C(CC[C@@]3(O)C(F)(F)C(F)(F)F)C3CCC4=CC(=O)CCC4C23)cc1. The lowest BCUT2D eigenvalue weighted by molar-refractivity contribution is -0.364. The van der Waals surface area contributed by atoms with E-state index in [1.54, 1.807) is 30.3 Å². The lowest BCUT2D eigenvalue weighted by Gasteiger charge is -2.59. The van der Waals surface area contributed by atoms with E-state index in [4.69, 9.17) is 4.74 Å². The highest BCUT2D eigenvalue weighted by Crippen LogP contribution is 2.71. The van der Waals surface area contributed by atoms with Crippen molar-refractivity contribution in [3.05, 3.63) is 47.0 Å². The molecule has 4 nitrogen and oxygen atoms in total. The number of methoxy groups -OCH3 is 1. The molecule has 7 atom stereocenters. The molecule has 3 saturated carbocycles. The second-order valence-electron chi connectivity index (χ2n) is 11.5. The van der Waals surface area contributed by atoms with Crippen LogP contribution in [0.2, 0.25) is 0 Å². The van der Waals surface area contributed by atoms with Gasteiger partial charge in [-0.1, -0.05) is 24.6 Å². The summed E-state index contributed by atoms with van der Waals surface area (Å²) < 4.78 is 75.7. The van der Waals surface area contributed by atoms with Crippen LogP contribution in [0, 0.1) is 29.1 Å². The van der Waals surface area contributed by atoms with E-state index >= 15 is 8.78 Å². The van der Waals surface area contributed by atoms with Crippen molar-refractivity contribution >= 4 is 11.8 Å². The van der Waals surface area contributed by atoms with E-state index < -0.39 is 47.3 Å². The largest absolute Gasteiger partial charge is 0.465 e. The van der Waals surface area contributed by atoms with Gasteiger partial charge in [0.25, 0.3) is 0 Å². The van der Waals surface area contributed by atoms with Crippen LogP contribution < -0.4 is 0 Å². The number of aliphatic hydroxyl groups is 1. The van der Waals surface area contributed by atoms with Crippen molar-refractivity contribution in [2.75, 3.05) is 7.11 Å². The first-order valence-electron chi connectivity index (χ1n) is 12.8. The van der Waals surface area contributed by atoms with Crippen molar-refractivity contribution in [3.8, 4) is 0 Å². The number of ether oxygens (including phenoxy) is 1. The fourth-order valence-corrected chi connectivity index (χ4v) is 8.39.